The van der Waals surface area contributed by atoms with Gasteiger partial charge in [-0.2, -0.15) is 0 Å². The van der Waals surface area contributed by atoms with E-state index in [1.54, 1.807) is 24.3 Å². The molecule has 0 spiro atoms. The van der Waals surface area contributed by atoms with Gasteiger partial charge in [-0.25, -0.2) is 0 Å². The van der Waals surface area contributed by atoms with Gasteiger partial charge in [-0.3, -0.25) is 14.4 Å². The molecule has 0 bridgehead atoms. The maximum atomic E-state index is 13.1. The molecular formula is C25H30ClN3O3. The highest BCUT2D eigenvalue weighted by Crippen LogP contribution is 2.19. The fourth-order valence-corrected chi connectivity index (χ4v) is 3.87. The molecule has 1 fully saturated rings. The summed E-state index contributed by atoms with van der Waals surface area (Å²) in [5, 5.41) is 6.34. The van der Waals surface area contributed by atoms with Gasteiger partial charge in [-0.15, -0.1) is 0 Å². The number of halogens is 1. The fraction of sp³-hybridized carbons (Fsp3) is 0.400. The van der Waals surface area contributed by atoms with Gasteiger partial charge in [-0.05, 0) is 60.7 Å². The third-order valence-electron chi connectivity index (χ3n) is 5.88. The second kappa shape index (κ2) is 11.1. The Kier molecular flexibility index (Phi) is 8.28. The third-order valence-corrected chi connectivity index (χ3v) is 6.13. The maximum absolute atomic E-state index is 13.1. The van der Waals surface area contributed by atoms with Crippen molar-refractivity contribution in [3.8, 4) is 0 Å². The van der Waals surface area contributed by atoms with Crippen molar-refractivity contribution in [2.45, 2.75) is 52.1 Å². The number of amides is 3. The molecule has 7 heteroatoms. The molecule has 3 amide bonds. The summed E-state index contributed by atoms with van der Waals surface area (Å²) in [6, 6.07) is 13.4. The van der Waals surface area contributed by atoms with Crippen LogP contribution in [0.15, 0.2) is 48.5 Å². The Hall–Kier alpha value is -2.86. The molecule has 1 heterocycles. The van der Waals surface area contributed by atoms with Crippen LogP contribution in [0.3, 0.4) is 0 Å². The lowest BCUT2D eigenvalue weighted by atomic mass is 9.97. The molecule has 0 radical (unpaired) electrons. The zero-order valence-electron chi connectivity index (χ0n) is 18.6. The van der Waals surface area contributed by atoms with Crippen LogP contribution in [0.25, 0.3) is 0 Å². The number of piperidine rings is 1. The quantitative estimate of drug-likeness (QED) is 0.608. The minimum absolute atomic E-state index is 0.0552. The Labute approximate surface area is 194 Å². The fourth-order valence-electron chi connectivity index (χ4n) is 3.74. The molecule has 32 heavy (non-hydrogen) atoms. The Morgan fingerprint density at radius 2 is 1.88 bits per heavy atom. The van der Waals surface area contributed by atoms with Gasteiger partial charge in [0.15, 0.2) is 0 Å². The number of carbonyl (C=O) groups is 3. The van der Waals surface area contributed by atoms with Crippen LogP contribution in [0.5, 0.6) is 0 Å². The van der Waals surface area contributed by atoms with E-state index in [0.29, 0.717) is 29.2 Å². The van der Waals surface area contributed by atoms with Crippen molar-refractivity contribution in [3.05, 3.63) is 64.7 Å². The molecule has 170 valence electrons. The lowest BCUT2D eigenvalue weighted by Crippen LogP contribution is -2.47. The van der Waals surface area contributed by atoms with Crippen molar-refractivity contribution in [3.63, 3.8) is 0 Å². The summed E-state index contributed by atoms with van der Waals surface area (Å²) in [7, 11) is 0. The molecule has 0 aliphatic carbocycles. The number of hydrogen-bond acceptors (Lipinski definition) is 3. The zero-order chi connectivity index (χ0) is 23.1. The highest BCUT2D eigenvalue weighted by Gasteiger charge is 2.26. The van der Waals surface area contributed by atoms with Gasteiger partial charge in [0.2, 0.25) is 11.8 Å². The topological polar surface area (TPSA) is 78.5 Å². The molecule has 0 saturated carbocycles. The van der Waals surface area contributed by atoms with Gasteiger partial charge in [0.05, 0.1) is 0 Å². The first kappa shape index (κ1) is 23.8. The first-order chi connectivity index (χ1) is 15.4. The Balaban J connectivity index is 1.68. The molecule has 2 atom stereocenters. The van der Waals surface area contributed by atoms with Crippen LogP contribution < -0.4 is 10.6 Å². The molecule has 2 aromatic carbocycles. The van der Waals surface area contributed by atoms with Crippen LogP contribution in [0.1, 0.15) is 55.5 Å². The number of nitrogens with one attached hydrogen (secondary N) is 2. The summed E-state index contributed by atoms with van der Waals surface area (Å²) in [6.45, 7) is 5.22. The van der Waals surface area contributed by atoms with Crippen LogP contribution >= 0.6 is 11.6 Å². The van der Waals surface area contributed by atoms with Crippen molar-refractivity contribution in [2.75, 3.05) is 11.9 Å². The van der Waals surface area contributed by atoms with E-state index in [1.165, 1.54) is 0 Å². The summed E-state index contributed by atoms with van der Waals surface area (Å²) in [5.41, 5.74) is 2.05. The standard InChI is InChI=1S/C25H30ClN3O3/c1-3-17(2)23(28-24(31)19-10-12-20(26)13-11-19)25(32)27-21-8-6-7-18(15-21)16-29-14-5-4-9-22(29)30/h6-8,10-13,15,17,23H,3-5,9,14,16H2,1-2H3,(H,27,32)(H,28,31). The van der Waals surface area contributed by atoms with Crippen molar-refractivity contribution < 1.29 is 14.4 Å². The van der Waals surface area contributed by atoms with Crippen LogP contribution in [-0.4, -0.2) is 35.2 Å². The molecule has 6 nitrogen and oxygen atoms in total. The highest BCUT2D eigenvalue weighted by atomic mass is 35.5. The largest absolute Gasteiger partial charge is 0.340 e. The number of nitrogens with zero attached hydrogens (tertiary/aromatic N) is 1. The minimum atomic E-state index is -0.685. The molecule has 2 unspecified atom stereocenters. The molecule has 1 aliphatic heterocycles. The molecule has 2 N–H and O–H groups in total. The van der Waals surface area contributed by atoms with Gasteiger partial charge < -0.3 is 15.5 Å². The van der Waals surface area contributed by atoms with Crippen molar-refractivity contribution in [1.82, 2.24) is 10.2 Å². The third kappa shape index (κ3) is 6.33. The summed E-state index contributed by atoms with van der Waals surface area (Å²) in [6.07, 6.45) is 3.30. The predicted octanol–water partition coefficient (Wildman–Crippen LogP) is 4.64. The van der Waals surface area contributed by atoms with Gasteiger partial charge in [-0.1, -0.05) is 44.0 Å². The SMILES string of the molecule is CCC(C)C(NC(=O)c1ccc(Cl)cc1)C(=O)Nc1cccc(CN2CCCCC2=O)c1. The highest BCUT2D eigenvalue weighted by molar-refractivity contribution is 6.30. The summed E-state index contributed by atoms with van der Waals surface area (Å²) >= 11 is 5.90. The Morgan fingerprint density at radius 3 is 2.56 bits per heavy atom. The molecule has 0 aromatic heterocycles. The molecule has 3 rings (SSSR count). The van der Waals surface area contributed by atoms with E-state index in [4.69, 9.17) is 11.6 Å². The van der Waals surface area contributed by atoms with Gasteiger partial charge in [0.25, 0.3) is 5.91 Å². The average molecular weight is 456 g/mol. The predicted molar refractivity (Wildman–Crippen MR) is 127 cm³/mol. The number of benzene rings is 2. The Morgan fingerprint density at radius 1 is 1.12 bits per heavy atom. The van der Waals surface area contributed by atoms with E-state index >= 15 is 0 Å². The normalized spacial score (nSPS) is 15.7. The zero-order valence-corrected chi connectivity index (χ0v) is 19.3. The van der Waals surface area contributed by atoms with E-state index < -0.39 is 6.04 Å². The van der Waals surface area contributed by atoms with Crippen LogP contribution in [0.2, 0.25) is 5.02 Å². The van der Waals surface area contributed by atoms with Crippen molar-refractivity contribution in [1.29, 1.82) is 0 Å². The summed E-state index contributed by atoms with van der Waals surface area (Å²) in [4.78, 5) is 39.7. The van der Waals surface area contributed by atoms with E-state index in [9.17, 15) is 14.4 Å². The lowest BCUT2D eigenvalue weighted by molar-refractivity contribution is -0.133. The van der Waals surface area contributed by atoms with E-state index in [0.717, 1.165) is 31.4 Å². The first-order valence-corrected chi connectivity index (χ1v) is 11.5. The van der Waals surface area contributed by atoms with Crippen molar-refractivity contribution in [2.24, 2.45) is 5.92 Å². The maximum Gasteiger partial charge on any atom is 0.251 e. The number of hydrogen-bond donors (Lipinski definition) is 2. The molecule has 1 aliphatic rings. The van der Waals surface area contributed by atoms with Crippen molar-refractivity contribution >= 4 is 35.0 Å². The number of rotatable bonds is 8. The summed E-state index contributed by atoms with van der Waals surface area (Å²) in [5.74, 6) is -0.472. The number of anilines is 1. The van der Waals surface area contributed by atoms with Crippen LogP contribution in [-0.2, 0) is 16.1 Å². The lowest BCUT2D eigenvalue weighted by Gasteiger charge is -2.27. The summed E-state index contributed by atoms with van der Waals surface area (Å²) < 4.78 is 0. The second-order valence-corrected chi connectivity index (χ2v) is 8.74. The van der Waals surface area contributed by atoms with E-state index in [2.05, 4.69) is 10.6 Å². The number of carbonyl (C=O) groups excluding carboxylic acids is 3. The molecule has 1 saturated heterocycles. The smallest absolute Gasteiger partial charge is 0.251 e. The van der Waals surface area contributed by atoms with Crippen LogP contribution in [0, 0.1) is 5.92 Å². The second-order valence-electron chi connectivity index (χ2n) is 8.31. The van der Waals surface area contributed by atoms with Crippen LogP contribution in [0.4, 0.5) is 5.69 Å². The average Bonchev–Trinajstić information content (AvgIpc) is 2.79. The minimum Gasteiger partial charge on any atom is -0.340 e. The monoisotopic (exact) mass is 455 g/mol. The first-order valence-electron chi connectivity index (χ1n) is 11.1. The van der Waals surface area contributed by atoms with Gasteiger partial charge >= 0.3 is 0 Å². The molecular weight excluding hydrogens is 426 g/mol. The van der Waals surface area contributed by atoms with Gasteiger partial charge in [0.1, 0.15) is 6.04 Å². The van der Waals surface area contributed by atoms with Gasteiger partial charge in [0, 0.05) is 35.8 Å². The molecule has 2 aromatic rings. The van der Waals surface area contributed by atoms with E-state index in [1.807, 2.05) is 43.0 Å². The number of likely N-dealkylation sites (tertiary alicyclic amines) is 1. The Bertz CT molecular complexity index is 961. The van der Waals surface area contributed by atoms with E-state index in [-0.39, 0.29) is 23.6 Å².